The maximum atomic E-state index is 12.2. The quantitative estimate of drug-likeness (QED) is 0.822. The maximum Gasteiger partial charge on any atom is 0.417 e. The summed E-state index contributed by atoms with van der Waals surface area (Å²) in [7, 11) is 0. The maximum absolute atomic E-state index is 12.2. The van der Waals surface area contributed by atoms with Crippen LogP contribution in [0.1, 0.15) is 30.1 Å². The van der Waals surface area contributed by atoms with Crippen molar-refractivity contribution in [2.75, 3.05) is 0 Å². The van der Waals surface area contributed by atoms with Crippen LogP contribution in [0.2, 0.25) is 0 Å². The Morgan fingerprint density at radius 2 is 2.22 bits per heavy atom. The second-order valence-electron chi connectivity index (χ2n) is 4.60. The van der Waals surface area contributed by atoms with Gasteiger partial charge >= 0.3 is 5.76 Å². The molecule has 2 heterocycles. The fourth-order valence-electron chi connectivity index (χ4n) is 2.28. The number of aromatic nitrogens is 1. The van der Waals surface area contributed by atoms with Gasteiger partial charge in [0.25, 0.3) is 0 Å². The third-order valence-electron chi connectivity index (χ3n) is 3.23. The van der Waals surface area contributed by atoms with Gasteiger partial charge in [0.2, 0.25) is 0 Å². The van der Waals surface area contributed by atoms with Crippen LogP contribution >= 0.6 is 0 Å². The lowest BCUT2D eigenvalue weighted by Gasteiger charge is -2.09. The van der Waals surface area contributed by atoms with Crippen LogP contribution in [0.5, 0.6) is 0 Å². The average Bonchev–Trinajstić information content (AvgIpc) is 2.92. The molecule has 0 aliphatic carbocycles. The van der Waals surface area contributed by atoms with E-state index in [9.17, 15) is 9.59 Å². The first-order chi connectivity index (χ1) is 8.63. The number of Topliss-reactive ketones (excluding diaryl/α,β-unsaturated/α-hetero) is 1. The van der Waals surface area contributed by atoms with E-state index >= 15 is 0 Å². The summed E-state index contributed by atoms with van der Waals surface area (Å²) in [6, 6.07) is 4.94. The average molecular weight is 247 g/mol. The molecule has 2 atom stereocenters. The van der Waals surface area contributed by atoms with E-state index in [1.54, 1.807) is 18.2 Å². The minimum absolute atomic E-state index is 0.0508. The van der Waals surface area contributed by atoms with E-state index in [4.69, 9.17) is 9.15 Å². The lowest BCUT2D eigenvalue weighted by molar-refractivity contribution is 0.0433. The molecule has 18 heavy (non-hydrogen) atoms. The molecule has 0 spiro atoms. The number of fused-ring (bicyclic) bond motifs is 1. The van der Waals surface area contributed by atoms with Crippen molar-refractivity contribution in [3.63, 3.8) is 0 Å². The second-order valence-corrected chi connectivity index (χ2v) is 4.60. The Labute approximate surface area is 103 Å². The zero-order valence-electron chi connectivity index (χ0n) is 9.93. The SMILES string of the molecule is CC1CCC(C(=O)c2ccc3[nH]c(=O)oc3c2)O1. The molecule has 1 aliphatic rings. The van der Waals surface area contributed by atoms with Gasteiger partial charge in [-0.25, -0.2) is 4.79 Å². The van der Waals surface area contributed by atoms with E-state index in [-0.39, 0.29) is 18.0 Å². The van der Waals surface area contributed by atoms with Crippen LogP contribution in [-0.2, 0) is 4.74 Å². The molecule has 0 radical (unpaired) electrons. The smallest absolute Gasteiger partial charge is 0.408 e. The fourth-order valence-corrected chi connectivity index (χ4v) is 2.28. The highest BCUT2D eigenvalue weighted by Crippen LogP contribution is 2.23. The molecular weight excluding hydrogens is 234 g/mol. The first-order valence-corrected chi connectivity index (χ1v) is 5.96. The van der Waals surface area contributed by atoms with Gasteiger partial charge in [0.05, 0.1) is 11.6 Å². The monoisotopic (exact) mass is 247 g/mol. The summed E-state index contributed by atoms with van der Waals surface area (Å²) >= 11 is 0. The van der Waals surface area contributed by atoms with Crippen molar-refractivity contribution in [2.24, 2.45) is 0 Å². The van der Waals surface area contributed by atoms with E-state index in [1.807, 2.05) is 6.92 Å². The first kappa shape index (κ1) is 11.2. The van der Waals surface area contributed by atoms with Gasteiger partial charge in [-0.05, 0) is 38.0 Å². The number of carbonyl (C=O) groups excluding carboxylic acids is 1. The molecule has 1 fully saturated rings. The Balaban J connectivity index is 1.93. The molecule has 2 aromatic rings. The summed E-state index contributed by atoms with van der Waals surface area (Å²) in [6.07, 6.45) is 1.41. The van der Waals surface area contributed by atoms with Crippen LogP contribution in [0.3, 0.4) is 0 Å². The summed E-state index contributed by atoms with van der Waals surface area (Å²) in [5, 5.41) is 0. The van der Waals surface area contributed by atoms with Crippen LogP contribution in [0.4, 0.5) is 0 Å². The van der Waals surface area contributed by atoms with Gasteiger partial charge in [-0.1, -0.05) is 0 Å². The summed E-state index contributed by atoms with van der Waals surface area (Å²) in [5.41, 5.74) is 1.51. The van der Waals surface area contributed by atoms with Crippen molar-refractivity contribution < 1.29 is 13.9 Å². The molecule has 0 bridgehead atoms. The summed E-state index contributed by atoms with van der Waals surface area (Å²) in [6.45, 7) is 1.96. The number of benzene rings is 1. The number of hydrogen-bond acceptors (Lipinski definition) is 4. The van der Waals surface area contributed by atoms with Crippen LogP contribution in [0, 0.1) is 0 Å². The standard InChI is InChI=1S/C13H13NO4/c1-7-2-5-10(17-7)12(15)8-3-4-9-11(6-8)18-13(16)14-9/h3-4,6-7,10H,2,5H2,1H3,(H,14,16). The van der Waals surface area contributed by atoms with Gasteiger partial charge in [0, 0.05) is 5.56 Å². The lowest BCUT2D eigenvalue weighted by atomic mass is 10.0. The Hall–Kier alpha value is -1.88. The van der Waals surface area contributed by atoms with Crippen molar-refractivity contribution in [1.82, 2.24) is 4.98 Å². The molecule has 2 unspecified atom stereocenters. The molecule has 1 saturated heterocycles. The van der Waals surface area contributed by atoms with E-state index in [2.05, 4.69) is 4.98 Å². The number of rotatable bonds is 2. The van der Waals surface area contributed by atoms with E-state index in [0.29, 0.717) is 16.7 Å². The number of carbonyl (C=O) groups is 1. The van der Waals surface area contributed by atoms with Crippen molar-refractivity contribution in [3.8, 4) is 0 Å². The van der Waals surface area contributed by atoms with Crippen LogP contribution < -0.4 is 5.76 Å². The number of H-pyrrole nitrogens is 1. The molecule has 3 rings (SSSR count). The van der Waals surface area contributed by atoms with E-state index in [1.165, 1.54) is 0 Å². The van der Waals surface area contributed by atoms with Crippen LogP contribution in [-0.4, -0.2) is 23.0 Å². The number of nitrogens with one attached hydrogen (secondary N) is 1. The second kappa shape index (κ2) is 4.10. The highest BCUT2D eigenvalue weighted by atomic mass is 16.5. The lowest BCUT2D eigenvalue weighted by Crippen LogP contribution is -2.20. The Morgan fingerprint density at radius 1 is 1.39 bits per heavy atom. The number of ether oxygens (including phenoxy) is 1. The third-order valence-corrected chi connectivity index (χ3v) is 3.23. The van der Waals surface area contributed by atoms with Crippen LogP contribution in [0.15, 0.2) is 27.4 Å². The van der Waals surface area contributed by atoms with Gasteiger partial charge in [0.15, 0.2) is 11.4 Å². The number of hydrogen-bond donors (Lipinski definition) is 1. The molecule has 1 N–H and O–H groups in total. The highest BCUT2D eigenvalue weighted by Gasteiger charge is 2.29. The molecular formula is C13H13NO4. The Morgan fingerprint density at radius 3 is 2.94 bits per heavy atom. The van der Waals surface area contributed by atoms with Crippen molar-refractivity contribution in [2.45, 2.75) is 32.0 Å². The van der Waals surface area contributed by atoms with Gasteiger partial charge in [0.1, 0.15) is 6.10 Å². The largest absolute Gasteiger partial charge is 0.417 e. The van der Waals surface area contributed by atoms with Crippen molar-refractivity contribution >= 4 is 16.9 Å². The molecule has 1 aliphatic heterocycles. The minimum atomic E-state index is -0.514. The fraction of sp³-hybridized carbons (Fsp3) is 0.385. The molecule has 0 amide bonds. The third kappa shape index (κ3) is 1.86. The normalized spacial score (nSPS) is 23.6. The molecule has 1 aromatic carbocycles. The summed E-state index contributed by atoms with van der Waals surface area (Å²) in [4.78, 5) is 25.8. The predicted octanol–water partition coefficient (Wildman–Crippen LogP) is 1.87. The Bertz CT molecular complexity index is 654. The van der Waals surface area contributed by atoms with Gasteiger partial charge in [-0.3, -0.25) is 9.78 Å². The van der Waals surface area contributed by atoms with Gasteiger partial charge in [-0.2, -0.15) is 0 Å². The molecule has 5 heteroatoms. The summed E-state index contributed by atoms with van der Waals surface area (Å²) in [5.74, 6) is -0.564. The predicted molar refractivity (Wildman–Crippen MR) is 64.7 cm³/mol. The molecule has 0 saturated carbocycles. The van der Waals surface area contributed by atoms with Crippen LogP contribution in [0.25, 0.3) is 11.1 Å². The van der Waals surface area contributed by atoms with Gasteiger partial charge in [-0.15, -0.1) is 0 Å². The number of oxazole rings is 1. The van der Waals surface area contributed by atoms with E-state index in [0.717, 1.165) is 12.8 Å². The zero-order chi connectivity index (χ0) is 12.7. The topological polar surface area (TPSA) is 72.3 Å². The van der Waals surface area contributed by atoms with E-state index < -0.39 is 5.76 Å². The minimum Gasteiger partial charge on any atom is -0.408 e. The number of ketones is 1. The molecule has 94 valence electrons. The number of aromatic amines is 1. The van der Waals surface area contributed by atoms with Crippen molar-refractivity contribution in [3.05, 3.63) is 34.3 Å². The Kier molecular flexibility index (Phi) is 2.56. The van der Waals surface area contributed by atoms with Crippen molar-refractivity contribution in [1.29, 1.82) is 0 Å². The highest BCUT2D eigenvalue weighted by molar-refractivity contribution is 6.01. The van der Waals surface area contributed by atoms with Gasteiger partial charge < -0.3 is 9.15 Å². The first-order valence-electron chi connectivity index (χ1n) is 5.96. The summed E-state index contributed by atoms with van der Waals surface area (Å²) < 4.78 is 10.5. The molecule has 1 aromatic heterocycles. The molecule has 5 nitrogen and oxygen atoms in total. The zero-order valence-corrected chi connectivity index (χ0v) is 9.93.